The van der Waals surface area contributed by atoms with E-state index in [0.29, 0.717) is 21.4 Å². The molecule has 0 bridgehead atoms. The Hall–Kier alpha value is -1.41. The van der Waals surface area contributed by atoms with Crippen molar-refractivity contribution in [2.75, 3.05) is 0 Å². The number of rotatable bonds is 5. The van der Waals surface area contributed by atoms with Crippen molar-refractivity contribution in [3.63, 3.8) is 0 Å². The Bertz CT molecular complexity index is 1200. The molecule has 164 valence electrons. The molecule has 6 nitrogen and oxygen atoms in total. The van der Waals surface area contributed by atoms with E-state index in [0.717, 1.165) is 14.7 Å². The van der Waals surface area contributed by atoms with Gasteiger partial charge >= 0.3 is 0 Å². The molecule has 0 saturated carbocycles. The van der Waals surface area contributed by atoms with Crippen LogP contribution in [0.15, 0.2) is 71.1 Å². The van der Waals surface area contributed by atoms with Crippen LogP contribution in [-0.2, 0) is 0 Å². The predicted molar refractivity (Wildman–Crippen MR) is 135 cm³/mol. The Morgan fingerprint density at radius 2 is 1.74 bits per heavy atom. The molecule has 2 aromatic carbocycles. The molecular formula is C21H20Br3N2O4P. The molecule has 0 fully saturated rings. The van der Waals surface area contributed by atoms with Crippen molar-refractivity contribution in [2.45, 2.75) is 32.9 Å². The number of halogens is 3. The van der Waals surface area contributed by atoms with Gasteiger partial charge in [-0.05, 0) is 75.2 Å². The topological polar surface area (TPSA) is 77.9 Å². The van der Waals surface area contributed by atoms with E-state index < -0.39 is 17.4 Å². The number of hydrogen-bond donors (Lipinski definition) is 0. The van der Waals surface area contributed by atoms with Gasteiger partial charge in [0, 0.05) is 21.8 Å². The maximum atomic E-state index is 11.2. The van der Waals surface area contributed by atoms with Crippen molar-refractivity contribution in [1.82, 2.24) is 0 Å². The summed E-state index contributed by atoms with van der Waals surface area (Å²) in [6, 6.07) is 13.9. The van der Waals surface area contributed by atoms with Crippen LogP contribution < -0.4 is 10.0 Å². The zero-order chi connectivity index (χ0) is 23.0. The standard InChI is InChI=1S/C21H20Br3N2O4P/c1-13-5-10-20(29-13)31(21(2,3)4,30-19-9-6-14(22)11-17(19)24)25-18-8-7-15(26(27)28)12-16(18)23/h5-12H,1-4H3/t31-/m1/s1. The summed E-state index contributed by atoms with van der Waals surface area (Å²) in [4.78, 5) is 10.7. The lowest BCUT2D eigenvalue weighted by Gasteiger charge is -2.35. The fourth-order valence-electron chi connectivity index (χ4n) is 2.85. The summed E-state index contributed by atoms with van der Waals surface area (Å²) in [5.74, 6) is 1.38. The maximum Gasteiger partial charge on any atom is 0.270 e. The molecule has 0 saturated heterocycles. The Labute approximate surface area is 206 Å². The van der Waals surface area contributed by atoms with Crippen LogP contribution in [0.1, 0.15) is 26.5 Å². The van der Waals surface area contributed by atoms with Gasteiger partial charge in [-0.15, -0.1) is 0 Å². The smallest absolute Gasteiger partial charge is 0.270 e. The van der Waals surface area contributed by atoms with Gasteiger partial charge in [-0.25, -0.2) is 4.74 Å². The summed E-state index contributed by atoms with van der Waals surface area (Å²) in [6.07, 6.45) is 0. The van der Waals surface area contributed by atoms with Gasteiger partial charge in [0.15, 0.2) is 5.50 Å². The Morgan fingerprint density at radius 3 is 2.26 bits per heavy atom. The Balaban J connectivity index is 2.32. The van der Waals surface area contributed by atoms with Crippen molar-refractivity contribution in [3.8, 4) is 5.75 Å². The summed E-state index contributed by atoms with van der Waals surface area (Å²) in [6.45, 7) is 8.02. The van der Waals surface area contributed by atoms with Gasteiger partial charge in [-0.3, -0.25) is 10.1 Å². The first kappa shape index (κ1) is 24.2. The fourth-order valence-corrected chi connectivity index (χ4v) is 7.63. The highest BCUT2D eigenvalue weighted by atomic mass is 79.9. The number of hydrogen-bond acceptors (Lipinski definition) is 5. The molecule has 0 unspecified atom stereocenters. The second kappa shape index (κ2) is 9.22. The van der Waals surface area contributed by atoms with Crippen LogP contribution in [0.4, 0.5) is 11.4 Å². The van der Waals surface area contributed by atoms with Gasteiger partial charge in [0.2, 0.25) is 7.28 Å². The molecule has 0 amide bonds. The third-order valence-electron chi connectivity index (χ3n) is 4.45. The first-order chi connectivity index (χ1) is 14.4. The lowest BCUT2D eigenvalue weighted by Crippen LogP contribution is -2.26. The summed E-state index contributed by atoms with van der Waals surface area (Å²) in [5.41, 5.74) is 1.17. The van der Waals surface area contributed by atoms with Gasteiger partial charge in [0.25, 0.3) is 5.69 Å². The highest BCUT2D eigenvalue weighted by molar-refractivity contribution is 9.11. The lowest BCUT2D eigenvalue weighted by molar-refractivity contribution is -0.384. The van der Waals surface area contributed by atoms with Gasteiger partial charge in [-0.1, -0.05) is 36.7 Å². The lowest BCUT2D eigenvalue weighted by atomic mass is 10.3. The van der Waals surface area contributed by atoms with Crippen molar-refractivity contribution in [1.29, 1.82) is 0 Å². The first-order valence-electron chi connectivity index (χ1n) is 9.21. The molecule has 0 spiro atoms. The van der Waals surface area contributed by atoms with E-state index in [-0.39, 0.29) is 5.69 Å². The van der Waals surface area contributed by atoms with Crippen molar-refractivity contribution in [3.05, 3.63) is 77.8 Å². The summed E-state index contributed by atoms with van der Waals surface area (Å²) >= 11 is 10.5. The zero-order valence-corrected chi connectivity index (χ0v) is 22.9. The monoisotopic (exact) mass is 632 g/mol. The number of furan rings is 1. The van der Waals surface area contributed by atoms with E-state index in [4.69, 9.17) is 13.7 Å². The number of benzene rings is 2. The number of non-ortho nitro benzene ring substituents is 1. The summed E-state index contributed by atoms with van der Waals surface area (Å²) < 4.78 is 20.1. The molecule has 3 aromatic rings. The van der Waals surface area contributed by atoms with E-state index in [1.165, 1.54) is 12.1 Å². The van der Waals surface area contributed by atoms with E-state index in [2.05, 4.69) is 47.8 Å². The molecule has 1 aromatic heterocycles. The molecule has 0 N–H and O–H groups in total. The second-order valence-electron chi connectivity index (χ2n) is 7.79. The number of nitro groups is 1. The normalized spacial score (nSPS) is 13.5. The molecule has 3 rings (SSSR count). The minimum Gasteiger partial charge on any atom is -0.457 e. The van der Waals surface area contributed by atoms with Gasteiger partial charge < -0.3 is 8.94 Å². The van der Waals surface area contributed by atoms with Crippen molar-refractivity contribution >= 4 is 71.9 Å². The molecular weight excluding hydrogens is 615 g/mol. The van der Waals surface area contributed by atoms with Crippen LogP contribution in [0.2, 0.25) is 0 Å². The molecule has 0 radical (unpaired) electrons. The molecule has 10 heteroatoms. The molecule has 0 aliphatic carbocycles. The van der Waals surface area contributed by atoms with Crippen molar-refractivity contribution < 1.29 is 13.9 Å². The minimum atomic E-state index is -2.85. The van der Waals surface area contributed by atoms with Crippen LogP contribution >= 0.6 is 55.1 Å². The molecule has 1 heterocycles. The van der Waals surface area contributed by atoms with E-state index in [9.17, 15) is 10.1 Å². The molecule has 1 atom stereocenters. The van der Waals surface area contributed by atoms with Crippen molar-refractivity contribution in [2.24, 2.45) is 4.74 Å². The van der Waals surface area contributed by atoms with Crippen LogP contribution in [0, 0.1) is 17.0 Å². The first-order valence-corrected chi connectivity index (χ1v) is 13.2. The largest absolute Gasteiger partial charge is 0.457 e. The van der Waals surface area contributed by atoms with Gasteiger partial charge in [-0.2, -0.15) is 0 Å². The van der Waals surface area contributed by atoms with Gasteiger partial charge in [0.1, 0.15) is 11.5 Å². The molecule has 0 aliphatic heterocycles. The highest BCUT2D eigenvalue weighted by Gasteiger charge is 2.42. The quantitative estimate of drug-likeness (QED) is 0.160. The number of nitro benzene ring substituents is 1. The van der Waals surface area contributed by atoms with Crippen LogP contribution in [0.3, 0.4) is 0 Å². The average Bonchev–Trinajstić information content (AvgIpc) is 3.10. The fraction of sp³-hybridized carbons (Fsp3) is 0.238. The van der Waals surface area contributed by atoms with E-state index in [1.807, 2.05) is 58.0 Å². The van der Waals surface area contributed by atoms with Crippen LogP contribution in [0.5, 0.6) is 5.75 Å². The summed E-state index contributed by atoms with van der Waals surface area (Å²) in [7, 11) is -2.85. The average molecular weight is 635 g/mol. The third-order valence-corrected chi connectivity index (χ3v) is 9.81. The number of nitrogens with zero attached hydrogens (tertiary/aromatic N) is 2. The second-order valence-corrected chi connectivity index (χ2v) is 13.7. The Kier molecular flexibility index (Phi) is 7.21. The number of aryl methyl sites for hydroxylation is 1. The Morgan fingerprint density at radius 1 is 1.03 bits per heavy atom. The minimum absolute atomic E-state index is 0.0177. The predicted octanol–water partition coefficient (Wildman–Crippen LogP) is 8.73. The van der Waals surface area contributed by atoms with Crippen LogP contribution in [0.25, 0.3) is 0 Å². The van der Waals surface area contributed by atoms with Crippen LogP contribution in [-0.4, -0.2) is 10.1 Å². The zero-order valence-electron chi connectivity index (χ0n) is 17.2. The molecule has 0 aliphatic rings. The third kappa shape index (κ3) is 5.16. The van der Waals surface area contributed by atoms with E-state index >= 15 is 0 Å². The molecule has 31 heavy (non-hydrogen) atoms. The van der Waals surface area contributed by atoms with Gasteiger partial charge in [0.05, 0.1) is 19.6 Å². The maximum absolute atomic E-state index is 11.2. The van der Waals surface area contributed by atoms with E-state index in [1.54, 1.807) is 6.07 Å². The highest BCUT2D eigenvalue weighted by Crippen LogP contribution is 2.63. The summed E-state index contributed by atoms with van der Waals surface area (Å²) in [5, 5.41) is 10.7. The SMILES string of the molecule is Cc1ccc([P@@](=Nc2ccc([N+](=O)[O-])cc2Br)(Oc2ccc(Br)cc2Br)C(C)(C)C)o1.